The highest BCUT2D eigenvalue weighted by Crippen LogP contribution is 2.11. The van der Waals surface area contributed by atoms with Crippen molar-refractivity contribution in [1.82, 2.24) is 30.3 Å². The number of carbonyl (C=O) groups is 1. The summed E-state index contributed by atoms with van der Waals surface area (Å²) in [6.45, 7) is 5.57. The predicted octanol–water partition coefficient (Wildman–Crippen LogP) is 2.83. The van der Waals surface area contributed by atoms with Crippen LogP contribution in [0, 0.1) is 6.92 Å². The van der Waals surface area contributed by atoms with Crippen LogP contribution in [0.5, 0.6) is 0 Å². The van der Waals surface area contributed by atoms with E-state index in [9.17, 15) is 4.79 Å². The Labute approximate surface area is 199 Å². The quantitative estimate of drug-likeness (QED) is 0.231. The summed E-state index contributed by atoms with van der Waals surface area (Å²) in [7, 11) is 1.95. The molecule has 1 aliphatic heterocycles. The highest BCUT2D eigenvalue weighted by Gasteiger charge is 2.15. The minimum Gasteiger partial charge on any atom is -0.356 e. The molecule has 0 aromatic carbocycles. The first kappa shape index (κ1) is 24.6. The van der Waals surface area contributed by atoms with Crippen LogP contribution in [0.15, 0.2) is 22.5 Å². The zero-order valence-corrected chi connectivity index (χ0v) is 20.9. The van der Waals surface area contributed by atoms with Crippen molar-refractivity contribution in [3.63, 3.8) is 0 Å². The lowest BCUT2D eigenvalue weighted by atomic mass is 10.2. The zero-order valence-electron chi connectivity index (χ0n) is 17.8. The standard InChI is InChI=1S/C20H31N7OS.HI/c1-16-24-25-18(26(16)2)15-23-20(22-14-17-8-6-13-29-17)21-10-7-12-27-11-5-3-4-9-19(27)28;/h6,8,13H,3-5,7,9-12,14-15H2,1-2H3,(H2,21,22,23);1H. The molecule has 2 aromatic rings. The van der Waals surface area contributed by atoms with Gasteiger partial charge in [-0.05, 0) is 37.6 Å². The highest BCUT2D eigenvalue weighted by molar-refractivity contribution is 14.0. The van der Waals surface area contributed by atoms with Gasteiger partial charge in [-0.2, -0.15) is 0 Å². The molecule has 166 valence electrons. The summed E-state index contributed by atoms with van der Waals surface area (Å²) in [4.78, 5) is 20.1. The molecule has 1 amide bonds. The second-order valence-corrected chi connectivity index (χ2v) is 8.32. The van der Waals surface area contributed by atoms with Crippen molar-refractivity contribution in [1.29, 1.82) is 0 Å². The molecule has 1 aliphatic rings. The number of rotatable bonds is 8. The molecule has 0 aliphatic carbocycles. The van der Waals surface area contributed by atoms with E-state index < -0.39 is 0 Å². The van der Waals surface area contributed by atoms with E-state index in [0.717, 1.165) is 69.5 Å². The second kappa shape index (κ2) is 12.9. The van der Waals surface area contributed by atoms with E-state index in [1.807, 2.05) is 29.5 Å². The van der Waals surface area contributed by atoms with Gasteiger partial charge in [-0.15, -0.1) is 45.5 Å². The molecule has 8 nitrogen and oxygen atoms in total. The minimum absolute atomic E-state index is 0. The maximum Gasteiger partial charge on any atom is 0.222 e. The van der Waals surface area contributed by atoms with Crippen molar-refractivity contribution in [2.24, 2.45) is 12.0 Å². The largest absolute Gasteiger partial charge is 0.356 e. The maximum atomic E-state index is 12.1. The first-order valence-corrected chi connectivity index (χ1v) is 11.2. The van der Waals surface area contributed by atoms with Gasteiger partial charge in [0.05, 0.1) is 6.54 Å². The number of amides is 1. The van der Waals surface area contributed by atoms with Gasteiger partial charge in [-0.25, -0.2) is 4.99 Å². The van der Waals surface area contributed by atoms with Crippen LogP contribution in [0.4, 0.5) is 0 Å². The number of guanidine groups is 1. The van der Waals surface area contributed by atoms with Crippen LogP contribution in [0.1, 0.15) is 48.6 Å². The Morgan fingerprint density at radius 2 is 2.13 bits per heavy atom. The Hall–Kier alpha value is -1.69. The molecule has 0 radical (unpaired) electrons. The van der Waals surface area contributed by atoms with E-state index in [-0.39, 0.29) is 24.0 Å². The lowest BCUT2D eigenvalue weighted by Gasteiger charge is -2.20. The molecule has 3 heterocycles. The summed E-state index contributed by atoms with van der Waals surface area (Å²) < 4.78 is 1.95. The predicted molar refractivity (Wildman–Crippen MR) is 131 cm³/mol. The number of nitrogens with one attached hydrogen (secondary N) is 2. The van der Waals surface area contributed by atoms with Crippen molar-refractivity contribution in [2.75, 3.05) is 19.6 Å². The van der Waals surface area contributed by atoms with E-state index >= 15 is 0 Å². The number of carbonyl (C=O) groups excluding carboxylic acids is 1. The monoisotopic (exact) mass is 545 g/mol. The first-order chi connectivity index (χ1) is 14.1. The zero-order chi connectivity index (χ0) is 20.5. The smallest absolute Gasteiger partial charge is 0.222 e. The first-order valence-electron chi connectivity index (χ1n) is 10.3. The van der Waals surface area contributed by atoms with Crippen LogP contribution < -0.4 is 10.6 Å². The molecular formula is C20H32IN7OS. The van der Waals surface area contributed by atoms with E-state index in [0.29, 0.717) is 18.9 Å². The van der Waals surface area contributed by atoms with Crippen molar-refractivity contribution in [3.05, 3.63) is 34.0 Å². The van der Waals surface area contributed by atoms with Gasteiger partial charge in [0.25, 0.3) is 0 Å². The molecule has 2 aromatic heterocycles. The van der Waals surface area contributed by atoms with Gasteiger partial charge in [-0.3, -0.25) is 4.79 Å². The molecule has 2 N–H and O–H groups in total. The summed E-state index contributed by atoms with van der Waals surface area (Å²) in [5.74, 6) is 2.75. The van der Waals surface area contributed by atoms with E-state index in [2.05, 4.69) is 37.3 Å². The Kier molecular flexibility index (Phi) is 10.6. The van der Waals surface area contributed by atoms with Gasteiger partial charge < -0.3 is 20.1 Å². The second-order valence-electron chi connectivity index (χ2n) is 7.29. The number of aryl methyl sites for hydroxylation is 1. The lowest BCUT2D eigenvalue weighted by molar-refractivity contribution is -0.130. The van der Waals surface area contributed by atoms with E-state index in [4.69, 9.17) is 0 Å². The van der Waals surface area contributed by atoms with Gasteiger partial charge in [0.15, 0.2) is 11.8 Å². The summed E-state index contributed by atoms with van der Waals surface area (Å²) in [6.07, 6.45) is 4.89. The number of hydrogen-bond acceptors (Lipinski definition) is 5. The number of halogens is 1. The van der Waals surface area contributed by atoms with Gasteiger partial charge in [-0.1, -0.05) is 12.5 Å². The van der Waals surface area contributed by atoms with Gasteiger partial charge in [0.2, 0.25) is 5.91 Å². The van der Waals surface area contributed by atoms with E-state index in [1.165, 1.54) is 4.88 Å². The molecule has 0 saturated carbocycles. The molecular weight excluding hydrogens is 513 g/mol. The average molecular weight is 545 g/mol. The number of aliphatic imine (C=N–C) groups is 1. The summed E-state index contributed by atoms with van der Waals surface area (Å²) >= 11 is 1.72. The highest BCUT2D eigenvalue weighted by atomic mass is 127. The van der Waals surface area contributed by atoms with Gasteiger partial charge in [0.1, 0.15) is 12.4 Å². The average Bonchev–Trinajstić information content (AvgIpc) is 3.29. The molecule has 0 bridgehead atoms. The Balaban J connectivity index is 0.00000320. The van der Waals surface area contributed by atoms with Crippen LogP contribution in [0.3, 0.4) is 0 Å². The van der Waals surface area contributed by atoms with Crippen molar-refractivity contribution in [2.45, 2.75) is 52.1 Å². The molecule has 3 rings (SSSR count). The Morgan fingerprint density at radius 3 is 2.87 bits per heavy atom. The third kappa shape index (κ3) is 7.53. The van der Waals surface area contributed by atoms with Gasteiger partial charge >= 0.3 is 0 Å². The third-order valence-corrected chi connectivity index (χ3v) is 6.02. The lowest BCUT2D eigenvalue weighted by Crippen LogP contribution is -2.39. The molecule has 1 fully saturated rings. The maximum absolute atomic E-state index is 12.1. The Morgan fingerprint density at radius 1 is 1.27 bits per heavy atom. The molecule has 30 heavy (non-hydrogen) atoms. The molecule has 0 spiro atoms. The summed E-state index contributed by atoms with van der Waals surface area (Å²) in [6, 6.07) is 4.15. The van der Waals surface area contributed by atoms with Crippen molar-refractivity contribution < 1.29 is 4.79 Å². The van der Waals surface area contributed by atoms with Crippen LogP contribution >= 0.6 is 35.3 Å². The fraction of sp³-hybridized carbons (Fsp3) is 0.600. The number of hydrogen-bond donors (Lipinski definition) is 2. The Bertz CT molecular complexity index is 806. The fourth-order valence-electron chi connectivity index (χ4n) is 3.25. The number of thiophene rings is 1. The van der Waals surface area contributed by atoms with Crippen LogP contribution in [0.25, 0.3) is 0 Å². The summed E-state index contributed by atoms with van der Waals surface area (Å²) in [5, 5.41) is 17.1. The summed E-state index contributed by atoms with van der Waals surface area (Å²) in [5.41, 5.74) is 0. The molecule has 0 atom stereocenters. The van der Waals surface area contributed by atoms with Gasteiger partial charge in [0, 0.05) is 38.0 Å². The minimum atomic E-state index is 0. The molecule has 10 heteroatoms. The third-order valence-electron chi connectivity index (χ3n) is 5.14. The van der Waals surface area contributed by atoms with Crippen LogP contribution in [-0.2, 0) is 24.9 Å². The van der Waals surface area contributed by atoms with Crippen LogP contribution in [-0.4, -0.2) is 51.2 Å². The number of aromatic nitrogens is 3. The molecule has 1 saturated heterocycles. The topological polar surface area (TPSA) is 87.4 Å². The fourth-order valence-corrected chi connectivity index (χ4v) is 3.89. The normalized spacial score (nSPS) is 14.9. The number of nitrogens with zero attached hydrogens (tertiary/aromatic N) is 5. The SMILES string of the molecule is Cc1nnc(CN=C(NCCCN2CCCCCC2=O)NCc2cccs2)n1C.I. The van der Waals surface area contributed by atoms with Crippen molar-refractivity contribution >= 4 is 47.2 Å². The van der Waals surface area contributed by atoms with Crippen LogP contribution in [0.2, 0.25) is 0 Å². The van der Waals surface area contributed by atoms with E-state index in [1.54, 1.807) is 11.3 Å². The van der Waals surface area contributed by atoms with Crippen molar-refractivity contribution in [3.8, 4) is 0 Å². The molecule has 0 unspecified atom stereocenters. The number of likely N-dealkylation sites (tertiary alicyclic amines) is 1.